The summed E-state index contributed by atoms with van der Waals surface area (Å²) < 4.78 is 0. The number of aliphatic carboxylic acids is 1. The van der Waals surface area contributed by atoms with Gasteiger partial charge in [-0.05, 0) is 37.5 Å². The third kappa shape index (κ3) is 4.13. The monoisotopic (exact) mass is 290 g/mol. The Kier molecular flexibility index (Phi) is 4.37. The lowest BCUT2D eigenvalue weighted by Gasteiger charge is -2.35. The standard InChI is InChI=1S/C15H18N2O4/c1-15(21)4-6-17(7-5-15)14(20)12-8-11(9-16-10-12)2-3-13(18)19/h2-3,8-10,21H,4-7H2,1H3,(H,18,19)/b3-2+. The Balaban J connectivity index is 2.09. The number of amides is 1. The van der Waals surface area contributed by atoms with Gasteiger partial charge in [0.1, 0.15) is 0 Å². The number of carboxylic acid groups (broad SMARTS) is 1. The normalized spacial score (nSPS) is 17.9. The van der Waals surface area contributed by atoms with Gasteiger partial charge < -0.3 is 15.1 Å². The van der Waals surface area contributed by atoms with Gasteiger partial charge in [0.05, 0.1) is 11.2 Å². The van der Waals surface area contributed by atoms with E-state index in [0.29, 0.717) is 37.1 Å². The molecule has 1 saturated heterocycles. The number of nitrogens with zero attached hydrogens (tertiary/aromatic N) is 2. The maximum Gasteiger partial charge on any atom is 0.328 e. The van der Waals surface area contributed by atoms with Gasteiger partial charge in [-0.2, -0.15) is 0 Å². The van der Waals surface area contributed by atoms with Crippen molar-refractivity contribution in [3.05, 3.63) is 35.7 Å². The number of hydrogen-bond acceptors (Lipinski definition) is 4. The molecule has 1 fully saturated rings. The van der Waals surface area contributed by atoms with Crippen molar-refractivity contribution >= 4 is 18.0 Å². The summed E-state index contributed by atoms with van der Waals surface area (Å²) in [6.45, 7) is 2.77. The van der Waals surface area contributed by atoms with E-state index >= 15 is 0 Å². The summed E-state index contributed by atoms with van der Waals surface area (Å²) in [5.41, 5.74) is 0.275. The van der Waals surface area contributed by atoms with Crippen molar-refractivity contribution in [2.24, 2.45) is 0 Å². The summed E-state index contributed by atoms with van der Waals surface area (Å²) in [5.74, 6) is -1.20. The van der Waals surface area contributed by atoms with Crippen LogP contribution in [-0.2, 0) is 4.79 Å². The fraction of sp³-hybridized carbons (Fsp3) is 0.400. The Morgan fingerprint density at radius 1 is 1.33 bits per heavy atom. The number of carboxylic acids is 1. The van der Waals surface area contributed by atoms with E-state index in [1.165, 1.54) is 18.5 Å². The number of carbonyl (C=O) groups is 2. The first-order chi connectivity index (χ1) is 9.87. The molecule has 1 aromatic heterocycles. The first-order valence-electron chi connectivity index (χ1n) is 6.75. The second-order valence-corrected chi connectivity index (χ2v) is 5.47. The first-order valence-corrected chi connectivity index (χ1v) is 6.75. The molecular weight excluding hydrogens is 272 g/mol. The lowest BCUT2D eigenvalue weighted by Crippen LogP contribution is -2.45. The Hall–Kier alpha value is -2.21. The van der Waals surface area contributed by atoms with Gasteiger partial charge in [-0.25, -0.2) is 4.79 Å². The minimum atomic E-state index is -1.05. The molecule has 0 saturated carbocycles. The molecule has 0 spiro atoms. The highest BCUT2D eigenvalue weighted by Gasteiger charge is 2.30. The molecule has 2 rings (SSSR count). The highest BCUT2D eigenvalue weighted by Crippen LogP contribution is 2.22. The summed E-state index contributed by atoms with van der Waals surface area (Å²) in [6, 6.07) is 1.61. The Bertz CT molecular complexity index is 571. The molecule has 2 N–H and O–H groups in total. The number of hydrogen-bond donors (Lipinski definition) is 2. The number of aromatic nitrogens is 1. The van der Waals surface area contributed by atoms with Crippen LogP contribution in [0.25, 0.3) is 6.08 Å². The summed E-state index contributed by atoms with van der Waals surface area (Å²) in [7, 11) is 0. The van der Waals surface area contributed by atoms with E-state index in [1.54, 1.807) is 17.9 Å². The topological polar surface area (TPSA) is 90.7 Å². The number of pyridine rings is 1. The van der Waals surface area contributed by atoms with E-state index < -0.39 is 11.6 Å². The minimum Gasteiger partial charge on any atom is -0.478 e. The largest absolute Gasteiger partial charge is 0.478 e. The molecule has 0 bridgehead atoms. The molecule has 21 heavy (non-hydrogen) atoms. The van der Waals surface area contributed by atoms with Crippen LogP contribution in [0.5, 0.6) is 0 Å². The summed E-state index contributed by atoms with van der Waals surface area (Å²) in [5, 5.41) is 18.5. The predicted octanol–water partition coefficient (Wildman–Crippen LogP) is 1.17. The van der Waals surface area contributed by atoms with Crippen molar-refractivity contribution in [1.82, 2.24) is 9.88 Å². The molecule has 6 heteroatoms. The zero-order valence-corrected chi connectivity index (χ0v) is 11.8. The summed E-state index contributed by atoms with van der Waals surface area (Å²) >= 11 is 0. The van der Waals surface area contributed by atoms with Crippen molar-refractivity contribution < 1.29 is 19.8 Å². The molecule has 1 amide bonds. The molecule has 1 aliphatic rings. The Labute approximate surface area is 122 Å². The van der Waals surface area contributed by atoms with Gasteiger partial charge in [0, 0.05) is 31.6 Å². The average molecular weight is 290 g/mol. The van der Waals surface area contributed by atoms with Crippen LogP contribution in [0.15, 0.2) is 24.5 Å². The maximum absolute atomic E-state index is 12.4. The second-order valence-electron chi connectivity index (χ2n) is 5.47. The van der Waals surface area contributed by atoms with E-state index in [0.717, 1.165) is 6.08 Å². The van der Waals surface area contributed by atoms with E-state index in [2.05, 4.69) is 4.98 Å². The Morgan fingerprint density at radius 3 is 2.62 bits per heavy atom. The predicted molar refractivity (Wildman–Crippen MR) is 76.7 cm³/mol. The quantitative estimate of drug-likeness (QED) is 0.815. The van der Waals surface area contributed by atoms with Crippen LogP contribution in [0, 0.1) is 0 Å². The molecule has 1 aromatic rings. The summed E-state index contributed by atoms with van der Waals surface area (Å²) in [4.78, 5) is 28.5. The number of carbonyl (C=O) groups excluding carboxylic acids is 1. The van der Waals surface area contributed by atoms with Crippen LogP contribution >= 0.6 is 0 Å². The molecule has 0 atom stereocenters. The fourth-order valence-corrected chi connectivity index (χ4v) is 2.21. The van der Waals surface area contributed by atoms with Crippen LogP contribution < -0.4 is 0 Å². The summed E-state index contributed by atoms with van der Waals surface area (Å²) in [6.07, 6.45) is 6.45. The maximum atomic E-state index is 12.4. The van der Waals surface area contributed by atoms with Crippen LogP contribution in [-0.4, -0.2) is 50.7 Å². The van der Waals surface area contributed by atoms with Gasteiger partial charge in [-0.3, -0.25) is 9.78 Å². The molecule has 0 unspecified atom stereocenters. The third-order valence-corrected chi connectivity index (χ3v) is 3.55. The third-order valence-electron chi connectivity index (χ3n) is 3.55. The first kappa shape index (κ1) is 15.2. The second kappa shape index (κ2) is 6.05. The molecule has 0 radical (unpaired) electrons. The zero-order valence-electron chi connectivity index (χ0n) is 11.8. The zero-order chi connectivity index (χ0) is 15.5. The van der Waals surface area contributed by atoms with Gasteiger partial charge in [-0.1, -0.05) is 0 Å². The number of aliphatic hydroxyl groups is 1. The fourth-order valence-electron chi connectivity index (χ4n) is 2.21. The molecule has 1 aliphatic heterocycles. The van der Waals surface area contributed by atoms with Crippen molar-refractivity contribution in [1.29, 1.82) is 0 Å². The van der Waals surface area contributed by atoms with Gasteiger partial charge in [-0.15, -0.1) is 0 Å². The molecule has 6 nitrogen and oxygen atoms in total. The van der Waals surface area contributed by atoms with Gasteiger partial charge in [0.15, 0.2) is 0 Å². The molecule has 0 aliphatic carbocycles. The lowest BCUT2D eigenvalue weighted by molar-refractivity contribution is -0.131. The molecule has 2 heterocycles. The van der Waals surface area contributed by atoms with Crippen molar-refractivity contribution in [2.75, 3.05) is 13.1 Å². The molecule has 0 aromatic carbocycles. The molecular formula is C15H18N2O4. The van der Waals surface area contributed by atoms with Crippen molar-refractivity contribution in [3.8, 4) is 0 Å². The van der Waals surface area contributed by atoms with Crippen molar-refractivity contribution in [2.45, 2.75) is 25.4 Å². The van der Waals surface area contributed by atoms with Crippen LogP contribution in [0.2, 0.25) is 0 Å². The van der Waals surface area contributed by atoms with Gasteiger partial charge >= 0.3 is 5.97 Å². The van der Waals surface area contributed by atoms with Crippen LogP contribution in [0.4, 0.5) is 0 Å². The van der Waals surface area contributed by atoms with E-state index in [4.69, 9.17) is 5.11 Å². The lowest BCUT2D eigenvalue weighted by atomic mass is 9.93. The Morgan fingerprint density at radius 2 is 2.00 bits per heavy atom. The van der Waals surface area contributed by atoms with Crippen LogP contribution in [0.1, 0.15) is 35.7 Å². The smallest absolute Gasteiger partial charge is 0.328 e. The van der Waals surface area contributed by atoms with E-state index in [-0.39, 0.29) is 5.91 Å². The average Bonchev–Trinajstić information content (AvgIpc) is 2.45. The highest BCUT2D eigenvalue weighted by atomic mass is 16.4. The molecule has 112 valence electrons. The van der Waals surface area contributed by atoms with E-state index in [9.17, 15) is 14.7 Å². The van der Waals surface area contributed by atoms with Gasteiger partial charge in [0.2, 0.25) is 0 Å². The number of rotatable bonds is 3. The van der Waals surface area contributed by atoms with Crippen molar-refractivity contribution in [3.63, 3.8) is 0 Å². The highest BCUT2D eigenvalue weighted by molar-refractivity contribution is 5.95. The minimum absolute atomic E-state index is 0.149. The van der Waals surface area contributed by atoms with Gasteiger partial charge in [0.25, 0.3) is 5.91 Å². The number of piperidine rings is 1. The van der Waals surface area contributed by atoms with E-state index in [1.807, 2.05) is 0 Å². The number of likely N-dealkylation sites (tertiary alicyclic amines) is 1. The SMILES string of the molecule is CC1(O)CCN(C(=O)c2cncc(/C=C/C(=O)O)c2)CC1. The van der Waals surface area contributed by atoms with Crippen LogP contribution in [0.3, 0.4) is 0 Å².